The van der Waals surface area contributed by atoms with Crippen molar-refractivity contribution < 1.29 is 8.42 Å². The molecule has 0 N–H and O–H groups in total. The molecule has 0 aliphatic carbocycles. The zero-order valence-corrected chi connectivity index (χ0v) is 9.90. The van der Waals surface area contributed by atoms with Crippen molar-refractivity contribution in [2.45, 2.75) is 18.7 Å². The van der Waals surface area contributed by atoms with E-state index >= 15 is 0 Å². The van der Waals surface area contributed by atoms with E-state index in [1.807, 2.05) is 13.0 Å². The summed E-state index contributed by atoms with van der Waals surface area (Å²) in [6.07, 6.45) is 2.87. The molecule has 16 heavy (non-hydrogen) atoms. The van der Waals surface area contributed by atoms with E-state index < -0.39 is 10.0 Å². The highest BCUT2D eigenvalue weighted by Crippen LogP contribution is 2.18. The van der Waals surface area contributed by atoms with Crippen LogP contribution in [0.4, 0.5) is 0 Å². The van der Waals surface area contributed by atoms with Crippen LogP contribution in [-0.4, -0.2) is 17.6 Å². The van der Waals surface area contributed by atoms with Crippen molar-refractivity contribution in [3.8, 4) is 0 Å². The zero-order chi connectivity index (χ0) is 11.8. The maximum Gasteiger partial charge on any atom is 0.283 e. The van der Waals surface area contributed by atoms with Crippen molar-refractivity contribution in [3.63, 3.8) is 0 Å². The molecule has 0 spiro atoms. The van der Waals surface area contributed by atoms with Gasteiger partial charge in [-0.25, -0.2) is 0 Å². The van der Waals surface area contributed by atoms with Gasteiger partial charge in [-0.15, -0.1) is 0 Å². The van der Waals surface area contributed by atoms with Gasteiger partial charge in [0.05, 0.1) is 11.1 Å². The lowest BCUT2D eigenvalue weighted by Gasteiger charge is -2.08. The summed E-state index contributed by atoms with van der Waals surface area (Å²) in [6.45, 7) is 3.64. The highest BCUT2D eigenvalue weighted by molar-refractivity contribution is 7.89. The molecule has 0 atom stereocenters. The molecular weight excluding hydrogens is 224 g/mol. The fourth-order valence-corrected chi connectivity index (χ4v) is 2.90. The van der Waals surface area contributed by atoms with E-state index in [1.165, 1.54) is 12.4 Å². The molecule has 0 unspecified atom stereocenters. The summed E-state index contributed by atoms with van der Waals surface area (Å²) in [6, 6.07) is 6.93. The molecule has 0 amide bonds. The molecule has 5 heteroatoms. The Labute approximate surface area is 94.6 Å². The minimum atomic E-state index is -3.54. The second kappa shape index (κ2) is 3.75. The van der Waals surface area contributed by atoms with Crippen LogP contribution < -0.4 is 0 Å². The second-order valence-electron chi connectivity index (χ2n) is 3.65. The van der Waals surface area contributed by atoms with Gasteiger partial charge in [0.1, 0.15) is 0 Å². The number of aryl methyl sites for hydroxylation is 2. The molecule has 2 aromatic rings. The van der Waals surface area contributed by atoms with Gasteiger partial charge in [0.15, 0.2) is 0 Å². The third kappa shape index (κ3) is 1.74. The smallest absolute Gasteiger partial charge is 0.199 e. The van der Waals surface area contributed by atoms with Gasteiger partial charge in [-0.05, 0) is 37.1 Å². The second-order valence-corrected chi connectivity index (χ2v) is 5.42. The summed E-state index contributed by atoms with van der Waals surface area (Å²) in [7, 11) is -3.54. The zero-order valence-electron chi connectivity index (χ0n) is 9.08. The number of aromatic nitrogens is 2. The van der Waals surface area contributed by atoms with Crippen LogP contribution in [0.15, 0.2) is 41.6 Å². The number of nitrogens with zero attached hydrogens (tertiary/aromatic N) is 2. The average molecular weight is 236 g/mol. The van der Waals surface area contributed by atoms with E-state index in [-0.39, 0.29) is 0 Å². The third-order valence-electron chi connectivity index (χ3n) is 2.35. The van der Waals surface area contributed by atoms with E-state index in [0.717, 1.165) is 15.2 Å². The molecular formula is C11H12N2O2S. The minimum absolute atomic E-state index is 0.302. The summed E-state index contributed by atoms with van der Waals surface area (Å²) in [4.78, 5) is 0.302. The van der Waals surface area contributed by atoms with Gasteiger partial charge in [0.25, 0.3) is 10.0 Å². The summed E-state index contributed by atoms with van der Waals surface area (Å²) in [5.74, 6) is 0. The Hall–Kier alpha value is -1.62. The topological polar surface area (TPSA) is 52.0 Å². The molecule has 0 aliphatic rings. The highest BCUT2D eigenvalue weighted by atomic mass is 32.2. The van der Waals surface area contributed by atoms with Crippen LogP contribution in [0.3, 0.4) is 0 Å². The average Bonchev–Trinajstić information content (AvgIpc) is 2.75. The Bertz CT molecular complexity index is 601. The van der Waals surface area contributed by atoms with Crippen LogP contribution >= 0.6 is 0 Å². The molecule has 0 aliphatic heterocycles. The Morgan fingerprint density at radius 1 is 1.25 bits per heavy atom. The van der Waals surface area contributed by atoms with Crippen LogP contribution in [0, 0.1) is 13.8 Å². The number of rotatable bonds is 2. The van der Waals surface area contributed by atoms with E-state index in [4.69, 9.17) is 0 Å². The van der Waals surface area contributed by atoms with E-state index in [9.17, 15) is 8.42 Å². The quantitative estimate of drug-likeness (QED) is 0.798. The van der Waals surface area contributed by atoms with Gasteiger partial charge in [0.2, 0.25) is 0 Å². The Balaban J connectivity index is 2.65. The number of hydrogen-bond acceptors (Lipinski definition) is 3. The van der Waals surface area contributed by atoms with Crippen molar-refractivity contribution in [1.82, 2.24) is 9.19 Å². The van der Waals surface area contributed by atoms with Gasteiger partial charge in [-0.2, -0.15) is 17.6 Å². The van der Waals surface area contributed by atoms with E-state index in [2.05, 4.69) is 5.10 Å². The van der Waals surface area contributed by atoms with Crippen molar-refractivity contribution >= 4 is 10.0 Å². The largest absolute Gasteiger partial charge is 0.283 e. The molecule has 0 radical (unpaired) electrons. The number of hydrogen-bond donors (Lipinski definition) is 0. The van der Waals surface area contributed by atoms with Crippen molar-refractivity contribution in [1.29, 1.82) is 0 Å². The van der Waals surface area contributed by atoms with Crippen molar-refractivity contribution in [2.24, 2.45) is 0 Å². The molecule has 0 bridgehead atoms. The predicted octanol–water partition coefficient (Wildman–Crippen LogP) is 1.74. The SMILES string of the molecule is Cc1ccc(C)c(S(=O)(=O)n2cccn2)c1. The first kappa shape index (κ1) is 10.9. The number of benzene rings is 1. The molecule has 1 heterocycles. The van der Waals surface area contributed by atoms with Gasteiger partial charge < -0.3 is 0 Å². The monoisotopic (exact) mass is 236 g/mol. The van der Waals surface area contributed by atoms with Crippen LogP contribution in [0.5, 0.6) is 0 Å². The lowest BCUT2D eigenvalue weighted by atomic mass is 10.2. The maximum atomic E-state index is 12.2. The normalized spacial score (nSPS) is 11.6. The van der Waals surface area contributed by atoms with E-state index in [0.29, 0.717) is 4.90 Å². The summed E-state index contributed by atoms with van der Waals surface area (Å²) < 4.78 is 25.3. The van der Waals surface area contributed by atoms with Gasteiger partial charge >= 0.3 is 0 Å². The van der Waals surface area contributed by atoms with Crippen molar-refractivity contribution in [2.75, 3.05) is 0 Å². The van der Waals surface area contributed by atoms with Crippen LogP contribution in [-0.2, 0) is 10.0 Å². The van der Waals surface area contributed by atoms with E-state index in [1.54, 1.807) is 25.1 Å². The van der Waals surface area contributed by atoms with Gasteiger partial charge in [0, 0.05) is 6.20 Å². The Morgan fingerprint density at radius 2 is 2.00 bits per heavy atom. The Morgan fingerprint density at radius 3 is 2.62 bits per heavy atom. The van der Waals surface area contributed by atoms with Crippen LogP contribution in [0.1, 0.15) is 11.1 Å². The minimum Gasteiger partial charge on any atom is -0.199 e. The molecule has 84 valence electrons. The molecule has 1 aromatic heterocycles. The van der Waals surface area contributed by atoms with Crippen LogP contribution in [0.2, 0.25) is 0 Å². The molecule has 0 saturated heterocycles. The molecule has 0 saturated carbocycles. The van der Waals surface area contributed by atoms with Crippen LogP contribution in [0.25, 0.3) is 0 Å². The fraction of sp³-hybridized carbons (Fsp3) is 0.182. The molecule has 1 aromatic carbocycles. The van der Waals surface area contributed by atoms with Gasteiger partial charge in [-0.1, -0.05) is 12.1 Å². The lowest BCUT2D eigenvalue weighted by Crippen LogP contribution is -2.14. The summed E-state index contributed by atoms with van der Waals surface area (Å²) >= 11 is 0. The molecule has 0 fully saturated rings. The summed E-state index contributed by atoms with van der Waals surface area (Å²) in [5, 5.41) is 3.76. The maximum absolute atomic E-state index is 12.2. The highest BCUT2D eigenvalue weighted by Gasteiger charge is 2.19. The standard InChI is InChI=1S/C11H12N2O2S/c1-9-4-5-10(2)11(8-9)16(14,15)13-7-3-6-12-13/h3-8H,1-2H3. The lowest BCUT2D eigenvalue weighted by molar-refractivity contribution is 0.579. The van der Waals surface area contributed by atoms with Crippen molar-refractivity contribution in [3.05, 3.63) is 47.8 Å². The van der Waals surface area contributed by atoms with Gasteiger partial charge in [-0.3, -0.25) is 0 Å². The first-order chi connectivity index (χ1) is 7.51. The molecule has 2 rings (SSSR count). The predicted molar refractivity (Wildman–Crippen MR) is 60.7 cm³/mol. The first-order valence-corrected chi connectivity index (χ1v) is 6.28. The summed E-state index contributed by atoms with van der Waals surface area (Å²) in [5.41, 5.74) is 1.64. The first-order valence-electron chi connectivity index (χ1n) is 4.84. The Kier molecular flexibility index (Phi) is 2.55. The third-order valence-corrected chi connectivity index (χ3v) is 4.05. The molecule has 4 nitrogen and oxygen atoms in total. The fourth-order valence-electron chi connectivity index (χ4n) is 1.48.